The number of amides is 1. The van der Waals surface area contributed by atoms with E-state index in [-0.39, 0.29) is 11.9 Å². The molecule has 0 radical (unpaired) electrons. The predicted molar refractivity (Wildman–Crippen MR) is 91.3 cm³/mol. The Hall–Kier alpha value is -2.74. The average Bonchev–Trinajstić information content (AvgIpc) is 3.24. The Balaban J connectivity index is 1.64. The summed E-state index contributed by atoms with van der Waals surface area (Å²) in [7, 11) is 1.50. The number of aromatic amines is 1. The van der Waals surface area contributed by atoms with E-state index in [9.17, 15) is 4.79 Å². The lowest BCUT2D eigenvalue weighted by atomic mass is 10.1. The van der Waals surface area contributed by atoms with Gasteiger partial charge in [0.25, 0.3) is 5.91 Å². The van der Waals surface area contributed by atoms with E-state index in [0.29, 0.717) is 17.9 Å². The number of methoxy groups -OCH3 is 1. The SMILES string of the molecule is COc1n[nH]c(-c2cccc(C(=O)NCCc3scnc3C)c2)n1. The summed E-state index contributed by atoms with van der Waals surface area (Å²) in [6.07, 6.45) is 0.779. The van der Waals surface area contributed by atoms with E-state index < -0.39 is 0 Å². The first-order valence-electron chi connectivity index (χ1n) is 7.41. The van der Waals surface area contributed by atoms with Crippen LogP contribution in [0.3, 0.4) is 0 Å². The van der Waals surface area contributed by atoms with Gasteiger partial charge in [-0.15, -0.1) is 16.4 Å². The predicted octanol–water partition coefficient (Wildman–Crippen LogP) is 2.22. The number of nitrogens with zero attached hydrogens (tertiary/aromatic N) is 3. The van der Waals surface area contributed by atoms with E-state index in [1.54, 1.807) is 23.5 Å². The molecule has 0 saturated carbocycles. The van der Waals surface area contributed by atoms with E-state index in [4.69, 9.17) is 4.74 Å². The Morgan fingerprint density at radius 3 is 3.00 bits per heavy atom. The van der Waals surface area contributed by atoms with Crippen molar-refractivity contribution in [3.63, 3.8) is 0 Å². The molecule has 0 bridgehead atoms. The number of ether oxygens (including phenoxy) is 1. The molecule has 2 aromatic heterocycles. The van der Waals surface area contributed by atoms with Crippen molar-refractivity contribution >= 4 is 17.2 Å². The molecule has 0 aliphatic rings. The lowest BCUT2D eigenvalue weighted by Crippen LogP contribution is -2.25. The third-order valence-corrected chi connectivity index (χ3v) is 4.52. The maximum Gasteiger partial charge on any atom is 0.335 e. The summed E-state index contributed by atoms with van der Waals surface area (Å²) in [4.78, 5) is 21.9. The van der Waals surface area contributed by atoms with Crippen LogP contribution < -0.4 is 10.1 Å². The number of rotatable bonds is 6. The van der Waals surface area contributed by atoms with Crippen molar-refractivity contribution in [2.45, 2.75) is 13.3 Å². The van der Waals surface area contributed by atoms with Crippen LogP contribution in [-0.2, 0) is 6.42 Å². The number of aryl methyl sites for hydroxylation is 1. The first kappa shape index (κ1) is 16.1. The van der Waals surface area contributed by atoms with Crippen molar-refractivity contribution in [1.82, 2.24) is 25.5 Å². The summed E-state index contributed by atoms with van der Waals surface area (Å²) in [6, 6.07) is 7.47. The maximum absolute atomic E-state index is 12.3. The van der Waals surface area contributed by atoms with Crippen molar-refractivity contribution in [2.75, 3.05) is 13.7 Å². The Bertz CT molecular complexity index is 842. The van der Waals surface area contributed by atoms with Crippen LogP contribution in [0.2, 0.25) is 0 Å². The number of benzene rings is 1. The standard InChI is InChI=1S/C16H17N5O2S/c1-10-13(24-9-18-10)6-7-17-15(22)12-5-3-4-11(8-12)14-19-16(23-2)21-20-14/h3-5,8-9H,6-7H2,1-2H3,(H,17,22)(H,19,20,21). The van der Waals surface area contributed by atoms with Crippen LogP contribution in [0, 0.1) is 6.92 Å². The number of hydrogen-bond donors (Lipinski definition) is 2. The van der Waals surface area contributed by atoms with E-state index in [1.807, 2.05) is 24.6 Å². The molecule has 0 saturated heterocycles. The van der Waals surface area contributed by atoms with Crippen LogP contribution in [0.5, 0.6) is 6.01 Å². The first-order chi connectivity index (χ1) is 11.7. The summed E-state index contributed by atoms with van der Waals surface area (Å²) >= 11 is 1.61. The van der Waals surface area contributed by atoms with E-state index >= 15 is 0 Å². The molecule has 2 heterocycles. The molecule has 3 rings (SSSR count). The summed E-state index contributed by atoms with van der Waals surface area (Å²) in [5, 5.41) is 9.62. The van der Waals surface area contributed by atoms with Gasteiger partial charge in [-0.25, -0.2) is 4.98 Å². The van der Waals surface area contributed by atoms with Crippen LogP contribution >= 0.6 is 11.3 Å². The number of H-pyrrole nitrogens is 1. The smallest absolute Gasteiger partial charge is 0.335 e. The normalized spacial score (nSPS) is 10.6. The van der Waals surface area contributed by atoms with Crippen LogP contribution in [-0.4, -0.2) is 39.7 Å². The minimum Gasteiger partial charge on any atom is -0.466 e. The van der Waals surface area contributed by atoms with Crippen molar-refractivity contribution in [3.8, 4) is 17.4 Å². The molecule has 3 aromatic rings. The van der Waals surface area contributed by atoms with Crippen molar-refractivity contribution in [1.29, 1.82) is 0 Å². The third kappa shape index (κ3) is 3.60. The number of aromatic nitrogens is 4. The first-order valence-corrected chi connectivity index (χ1v) is 8.29. The molecule has 24 heavy (non-hydrogen) atoms. The topological polar surface area (TPSA) is 92.8 Å². The molecule has 0 atom stereocenters. The molecule has 0 unspecified atom stereocenters. The Morgan fingerprint density at radius 2 is 2.29 bits per heavy atom. The van der Waals surface area contributed by atoms with E-state index in [1.165, 1.54) is 12.0 Å². The van der Waals surface area contributed by atoms with E-state index in [2.05, 4.69) is 25.5 Å². The fourth-order valence-electron chi connectivity index (χ4n) is 2.23. The lowest BCUT2D eigenvalue weighted by Gasteiger charge is -2.06. The third-order valence-electron chi connectivity index (χ3n) is 3.53. The van der Waals surface area contributed by atoms with Gasteiger partial charge in [-0.1, -0.05) is 12.1 Å². The molecule has 1 amide bonds. The average molecular weight is 343 g/mol. The molecule has 7 nitrogen and oxygen atoms in total. The molecular formula is C16H17N5O2S. The monoisotopic (exact) mass is 343 g/mol. The lowest BCUT2D eigenvalue weighted by molar-refractivity contribution is 0.0954. The summed E-state index contributed by atoms with van der Waals surface area (Å²) < 4.78 is 4.96. The highest BCUT2D eigenvalue weighted by atomic mass is 32.1. The number of nitrogens with one attached hydrogen (secondary N) is 2. The fourth-order valence-corrected chi connectivity index (χ4v) is 3.01. The largest absolute Gasteiger partial charge is 0.466 e. The number of hydrogen-bond acceptors (Lipinski definition) is 6. The summed E-state index contributed by atoms with van der Waals surface area (Å²) in [6.45, 7) is 2.55. The zero-order valence-electron chi connectivity index (χ0n) is 13.4. The van der Waals surface area contributed by atoms with Gasteiger partial charge in [-0.3, -0.25) is 9.89 Å². The van der Waals surface area contributed by atoms with Gasteiger partial charge in [0.05, 0.1) is 18.3 Å². The van der Waals surface area contributed by atoms with Gasteiger partial charge in [-0.2, -0.15) is 4.98 Å². The Labute approximate surface area is 143 Å². The van der Waals surface area contributed by atoms with Gasteiger partial charge < -0.3 is 10.1 Å². The summed E-state index contributed by atoms with van der Waals surface area (Å²) in [5.41, 5.74) is 4.19. The molecule has 2 N–H and O–H groups in total. The van der Waals surface area contributed by atoms with Crippen LogP contribution in [0.25, 0.3) is 11.4 Å². The van der Waals surface area contributed by atoms with Crippen LogP contribution in [0.1, 0.15) is 20.9 Å². The van der Waals surface area contributed by atoms with Gasteiger partial charge in [0.1, 0.15) is 0 Å². The Kier molecular flexibility index (Phi) is 4.85. The van der Waals surface area contributed by atoms with Gasteiger partial charge in [-0.05, 0) is 19.1 Å². The molecule has 0 spiro atoms. The molecule has 0 aliphatic carbocycles. The van der Waals surface area contributed by atoms with Gasteiger partial charge in [0.15, 0.2) is 5.82 Å². The number of thiazole rings is 1. The van der Waals surface area contributed by atoms with Crippen LogP contribution in [0.4, 0.5) is 0 Å². The fraction of sp³-hybridized carbons (Fsp3) is 0.250. The van der Waals surface area contributed by atoms with E-state index in [0.717, 1.165) is 17.7 Å². The second-order valence-corrected chi connectivity index (χ2v) is 6.06. The van der Waals surface area contributed by atoms with Crippen LogP contribution in [0.15, 0.2) is 29.8 Å². The minimum absolute atomic E-state index is 0.120. The van der Waals surface area contributed by atoms with Crippen molar-refractivity contribution in [3.05, 3.63) is 45.9 Å². The second kappa shape index (κ2) is 7.22. The molecule has 124 valence electrons. The molecule has 0 fully saturated rings. The van der Waals surface area contributed by atoms with Gasteiger partial charge in [0, 0.05) is 29.0 Å². The number of carbonyl (C=O) groups is 1. The quantitative estimate of drug-likeness (QED) is 0.716. The Morgan fingerprint density at radius 1 is 1.42 bits per heavy atom. The van der Waals surface area contributed by atoms with Gasteiger partial charge >= 0.3 is 6.01 Å². The number of carbonyl (C=O) groups excluding carboxylic acids is 1. The highest BCUT2D eigenvalue weighted by Gasteiger charge is 2.10. The highest BCUT2D eigenvalue weighted by molar-refractivity contribution is 7.09. The zero-order chi connectivity index (χ0) is 16.9. The highest BCUT2D eigenvalue weighted by Crippen LogP contribution is 2.18. The van der Waals surface area contributed by atoms with Gasteiger partial charge in [0.2, 0.25) is 0 Å². The molecule has 8 heteroatoms. The second-order valence-electron chi connectivity index (χ2n) is 5.12. The maximum atomic E-state index is 12.3. The molecular weight excluding hydrogens is 326 g/mol. The van der Waals surface area contributed by atoms with Crippen molar-refractivity contribution in [2.24, 2.45) is 0 Å². The molecule has 1 aromatic carbocycles. The zero-order valence-corrected chi connectivity index (χ0v) is 14.2. The van der Waals surface area contributed by atoms with Crippen molar-refractivity contribution < 1.29 is 9.53 Å². The minimum atomic E-state index is -0.120. The summed E-state index contributed by atoms with van der Waals surface area (Å²) in [5.74, 6) is 0.437. The molecule has 0 aliphatic heterocycles.